The molecule has 1 aromatic carbocycles. The quantitative estimate of drug-likeness (QED) is 0.891. The second-order valence-electron chi connectivity index (χ2n) is 6.46. The molecule has 0 spiro atoms. The number of hydrogen-bond acceptors (Lipinski definition) is 2. The van der Waals surface area contributed by atoms with Crippen molar-refractivity contribution in [2.75, 3.05) is 13.1 Å². The average Bonchev–Trinajstić information content (AvgIpc) is 2.40. The monoisotopic (exact) mass is 261 g/mol. The molecule has 1 aliphatic rings. The first kappa shape index (κ1) is 14.4. The predicted octanol–water partition coefficient (Wildman–Crippen LogP) is 3.75. The maximum Gasteiger partial charge on any atom is 0.119 e. The number of benzene rings is 1. The van der Waals surface area contributed by atoms with Gasteiger partial charge in [-0.25, -0.2) is 0 Å². The van der Waals surface area contributed by atoms with Gasteiger partial charge in [-0.05, 0) is 68.8 Å². The fourth-order valence-electron chi connectivity index (χ4n) is 2.94. The van der Waals surface area contributed by atoms with Crippen LogP contribution in [0.2, 0.25) is 0 Å². The van der Waals surface area contributed by atoms with E-state index < -0.39 is 0 Å². The molecule has 19 heavy (non-hydrogen) atoms. The summed E-state index contributed by atoms with van der Waals surface area (Å²) in [5.41, 5.74) is 1.64. The van der Waals surface area contributed by atoms with Crippen LogP contribution in [0.4, 0.5) is 0 Å². The molecule has 0 radical (unpaired) electrons. The standard InChI is InChI=1S/C17H27NO/c1-13(2)19-16-9-7-14(8-10-16)17(3,4)15-6-5-11-18-12-15/h7-10,13,15,18H,5-6,11-12H2,1-4H3. The van der Waals surface area contributed by atoms with Crippen LogP contribution < -0.4 is 10.1 Å². The second kappa shape index (κ2) is 5.96. The zero-order valence-electron chi connectivity index (χ0n) is 12.7. The highest BCUT2D eigenvalue weighted by molar-refractivity contribution is 5.32. The average molecular weight is 261 g/mol. The third kappa shape index (κ3) is 3.50. The van der Waals surface area contributed by atoms with E-state index in [-0.39, 0.29) is 11.5 Å². The Kier molecular flexibility index (Phi) is 4.51. The van der Waals surface area contributed by atoms with Crippen LogP contribution in [0, 0.1) is 5.92 Å². The highest BCUT2D eigenvalue weighted by Gasteiger charge is 2.32. The highest BCUT2D eigenvalue weighted by Crippen LogP contribution is 2.36. The van der Waals surface area contributed by atoms with Crippen LogP contribution in [0.25, 0.3) is 0 Å². The summed E-state index contributed by atoms with van der Waals surface area (Å²) >= 11 is 0. The molecule has 2 rings (SSSR count). The van der Waals surface area contributed by atoms with Crippen molar-refractivity contribution >= 4 is 0 Å². The van der Waals surface area contributed by atoms with E-state index in [4.69, 9.17) is 4.74 Å². The van der Waals surface area contributed by atoms with E-state index in [2.05, 4.69) is 57.3 Å². The Morgan fingerprint density at radius 2 is 1.89 bits per heavy atom. The Labute approximate surface area is 117 Å². The lowest BCUT2D eigenvalue weighted by atomic mass is 9.70. The van der Waals surface area contributed by atoms with Crippen LogP contribution in [0.5, 0.6) is 5.75 Å². The summed E-state index contributed by atoms with van der Waals surface area (Å²) in [5.74, 6) is 1.69. The van der Waals surface area contributed by atoms with Gasteiger partial charge in [0.05, 0.1) is 6.10 Å². The van der Waals surface area contributed by atoms with Crippen LogP contribution >= 0.6 is 0 Å². The SMILES string of the molecule is CC(C)Oc1ccc(C(C)(C)C2CCCNC2)cc1. The molecule has 1 aliphatic heterocycles. The van der Waals surface area contributed by atoms with E-state index in [0.29, 0.717) is 0 Å². The lowest BCUT2D eigenvalue weighted by Gasteiger charge is -2.38. The Bertz CT molecular complexity index is 388. The maximum atomic E-state index is 5.71. The third-order valence-corrected chi connectivity index (χ3v) is 4.29. The first-order valence-corrected chi connectivity index (χ1v) is 7.48. The predicted molar refractivity (Wildman–Crippen MR) is 80.8 cm³/mol. The smallest absolute Gasteiger partial charge is 0.119 e. The minimum Gasteiger partial charge on any atom is -0.491 e. The molecule has 2 nitrogen and oxygen atoms in total. The number of ether oxygens (including phenoxy) is 1. The van der Waals surface area contributed by atoms with E-state index in [1.54, 1.807) is 0 Å². The first-order valence-electron chi connectivity index (χ1n) is 7.48. The molecule has 1 unspecified atom stereocenters. The molecule has 0 saturated carbocycles. The molecular formula is C17H27NO. The van der Waals surface area contributed by atoms with Crippen LogP contribution in [0.3, 0.4) is 0 Å². The molecule has 1 heterocycles. The van der Waals surface area contributed by atoms with E-state index >= 15 is 0 Å². The molecule has 0 aromatic heterocycles. The number of hydrogen-bond donors (Lipinski definition) is 1. The number of nitrogens with one attached hydrogen (secondary N) is 1. The van der Waals surface area contributed by atoms with Crippen LogP contribution in [0.15, 0.2) is 24.3 Å². The molecule has 0 aliphatic carbocycles. The summed E-state index contributed by atoms with van der Waals surface area (Å²) in [4.78, 5) is 0. The number of piperidine rings is 1. The molecule has 1 saturated heterocycles. The Balaban J connectivity index is 2.11. The lowest BCUT2D eigenvalue weighted by molar-refractivity contribution is 0.240. The largest absolute Gasteiger partial charge is 0.491 e. The van der Waals surface area contributed by atoms with Gasteiger partial charge >= 0.3 is 0 Å². The van der Waals surface area contributed by atoms with E-state index in [1.807, 2.05) is 0 Å². The topological polar surface area (TPSA) is 21.3 Å². The summed E-state index contributed by atoms with van der Waals surface area (Å²) < 4.78 is 5.71. The molecule has 1 aromatic rings. The Morgan fingerprint density at radius 1 is 1.21 bits per heavy atom. The van der Waals surface area contributed by atoms with Gasteiger partial charge in [-0.2, -0.15) is 0 Å². The van der Waals surface area contributed by atoms with Crippen LogP contribution in [-0.2, 0) is 5.41 Å². The van der Waals surface area contributed by atoms with Gasteiger partial charge in [0.1, 0.15) is 5.75 Å². The van der Waals surface area contributed by atoms with Gasteiger partial charge in [-0.1, -0.05) is 26.0 Å². The lowest BCUT2D eigenvalue weighted by Crippen LogP contribution is -2.40. The summed E-state index contributed by atoms with van der Waals surface area (Å²) in [6, 6.07) is 8.67. The van der Waals surface area contributed by atoms with Crippen molar-refractivity contribution in [3.05, 3.63) is 29.8 Å². The van der Waals surface area contributed by atoms with Crippen LogP contribution in [-0.4, -0.2) is 19.2 Å². The van der Waals surface area contributed by atoms with Gasteiger partial charge in [0, 0.05) is 0 Å². The molecule has 0 bridgehead atoms. The van der Waals surface area contributed by atoms with Crippen molar-refractivity contribution in [2.45, 2.75) is 52.1 Å². The van der Waals surface area contributed by atoms with Gasteiger partial charge in [-0.15, -0.1) is 0 Å². The molecule has 1 fully saturated rings. The number of rotatable bonds is 4. The van der Waals surface area contributed by atoms with Gasteiger partial charge < -0.3 is 10.1 Å². The van der Waals surface area contributed by atoms with E-state index in [1.165, 1.54) is 24.9 Å². The van der Waals surface area contributed by atoms with Crippen molar-refractivity contribution in [2.24, 2.45) is 5.92 Å². The molecule has 0 amide bonds. The Morgan fingerprint density at radius 3 is 2.42 bits per heavy atom. The van der Waals surface area contributed by atoms with Gasteiger partial charge in [0.2, 0.25) is 0 Å². The third-order valence-electron chi connectivity index (χ3n) is 4.29. The molecular weight excluding hydrogens is 234 g/mol. The van der Waals surface area contributed by atoms with Crippen molar-refractivity contribution in [1.29, 1.82) is 0 Å². The summed E-state index contributed by atoms with van der Waals surface area (Å²) in [5, 5.41) is 3.52. The summed E-state index contributed by atoms with van der Waals surface area (Å²) in [6.07, 6.45) is 2.86. The molecule has 1 N–H and O–H groups in total. The fraction of sp³-hybridized carbons (Fsp3) is 0.647. The zero-order chi connectivity index (χ0) is 13.9. The van der Waals surface area contributed by atoms with Gasteiger partial charge in [-0.3, -0.25) is 0 Å². The molecule has 2 heteroatoms. The zero-order valence-corrected chi connectivity index (χ0v) is 12.7. The summed E-state index contributed by atoms with van der Waals surface area (Å²) in [7, 11) is 0. The van der Waals surface area contributed by atoms with Crippen molar-refractivity contribution in [1.82, 2.24) is 5.32 Å². The van der Waals surface area contributed by atoms with Gasteiger partial charge in [0.25, 0.3) is 0 Å². The minimum absolute atomic E-state index is 0.226. The summed E-state index contributed by atoms with van der Waals surface area (Å²) in [6.45, 7) is 11.2. The molecule has 1 atom stereocenters. The maximum absolute atomic E-state index is 5.71. The van der Waals surface area contributed by atoms with E-state index in [0.717, 1.165) is 18.2 Å². The minimum atomic E-state index is 0.226. The fourth-order valence-corrected chi connectivity index (χ4v) is 2.94. The normalized spacial score (nSPS) is 20.6. The van der Waals surface area contributed by atoms with Gasteiger partial charge in [0.15, 0.2) is 0 Å². The Hall–Kier alpha value is -1.02. The molecule has 106 valence electrons. The second-order valence-corrected chi connectivity index (χ2v) is 6.46. The highest BCUT2D eigenvalue weighted by atomic mass is 16.5. The van der Waals surface area contributed by atoms with Crippen molar-refractivity contribution in [3.63, 3.8) is 0 Å². The van der Waals surface area contributed by atoms with E-state index in [9.17, 15) is 0 Å². The first-order chi connectivity index (χ1) is 9.00. The van der Waals surface area contributed by atoms with Crippen molar-refractivity contribution < 1.29 is 4.74 Å². The van der Waals surface area contributed by atoms with Crippen LogP contribution in [0.1, 0.15) is 46.1 Å². The van der Waals surface area contributed by atoms with Crippen molar-refractivity contribution in [3.8, 4) is 5.75 Å².